The van der Waals surface area contributed by atoms with E-state index in [-0.39, 0.29) is 6.10 Å². The van der Waals surface area contributed by atoms with Crippen molar-refractivity contribution in [2.24, 2.45) is 0 Å². The third kappa shape index (κ3) is 4.84. The second-order valence-electron chi connectivity index (χ2n) is 7.02. The van der Waals surface area contributed by atoms with E-state index in [1.165, 1.54) is 22.3 Å². The molecule has 0 amide bonds. The van der Waals surface area contributed by atoms with Crippen LogP contribution < -0.4 is 4.74 Å². The Morgan fingerprint density at radius 2 is 1.93 bits per heavy atom. The van der Waals surface area contributed by atoms with Crippen LogP contribution >= 0.6 is 11.8 Å². The van der Waals surface area contributed by atoms with Gasteiger partial charge in [0.1, 0.15) is 5.75 Å². The van der Waals surface area contributed by atoms with E-state index in [0.29, 0.717) is 6.54 Å². The zero-order valence-corrected chi connectivity index (χ0v) is 17.8. The lowest BCUT2D eigenvalue weighted by atomic mass is 10.1. The molecule has 4 nitrogen and oxygen atoms in total. The fourth-order valence-electron chi connectivity index (χ4n) is 3.00. The van der Waals surface area contributed by atoms with Crippen LogP contribution in [-0.2, 0) is 12.3 Å². The van der Waals surface area contributed by atoms with Gasteiger partial charge in [-0.1, -0.05) is 53.7 Å². The minimum Gasteiger partial charge on any atom is -0.483 e. The Kier molecular flexibility index (Phi) is 6.57. The van der Waals surface area contributed by atoms with Crippen molar-refractivity contribution in [3.05, 3.63) is 83.2 Å². The molecule has 0 bridgehead atoms. The lowest BCUT2D eigenvalue weighted by Gasteiger charge is -2.16. The topological polar surface area (TPSA) is 39.9 Å². The predicted molar refractivity (Wildman–Crippen MR) is 116 cm³/mol. The number of aryl methyl sites for hydroxylation is 3. The summed E-state index contributed by atoms with van der Waals surface area (Å²) in [6.07, 6.45) is 1.66. The number of hydrogen-bond acceptors (Lipinski definition) is 4. The minimum atomic E-state index is -0.206. The van der Waals surface area contributed by atoms with E-state index in [1.54, 1.807) is 11.8 Å². The van der Waals surface area contributed by atoms with E-state index >= 15 is 0 Å². The molecule has 0 saturated heterocycles. The SMILES string of the molecule is C=CCn1c(SCc2cccc(C)c2)nnc1C(C)Oc1ccc(C)c(C)c1. The first-order valence-electron chi connectivity index (χ1n) is 9.44. The number of rotatable bonds is 8. The maximum atomic E-state index is 6.15. The van der Waals surface area contributed by atoms with Gasteiger partial charge in [-0.05, 0) is 56.5 Å². The third-order valence-corrected chi connectivity index (χ3v) is 5.70. The summed E-state index contributed by atoms with van der Waals surface area (Å²) in [4.78, 5) is 0. The van der Waals surface area contributed by atoms with Crippen molar-refractivity contribution >= 4 is 11.8 Å². The van der Waals surface area contributed by atoms with E-state index in [4.69, 9.17) is 4.74 Å². The molecule has 0 N–H and O–H groups in total. The second-order valence-corrected chi connectivity index (χ2v) is 7.97. The van der Waals surface area contributed by atoms with Gasteiger partial charge in [-0.25, -0.2) is 0 Å². The summed E-state index contributed by atoms with van der Waals surface area (Å²) in [7, 11) is 0. The van der Waals surface area contributed by atoms with Gasteiger partial charge < -0.3 is 4.74 Å². The number of allylic oxidation sites excluding steroid dienone is 1. The molecule has 0 aliphatic carbocycles. The van der Waals surface area contributed by atoms with Gasteiger partial charge >= 0.3 is 0 Å². The van der Waals surface area contributed by atoms with Crippen LogP contribution in [0, 0.1) is 20.8 Å². The molecule has 1 unspecified atom stereocenters. The molecule has 146 valence electrons. The molecule has 0 aliphatic rings. The summed E-state index contributed by atoms with van der Waals surface area (Å²) in [5, 5.41) is 9.72. The molecule has 28 heavy (non-hydrogen) atoms. The lowest BCUT2D eigenvalue weighted by Crippen LogP contribution is -2.12. The van der Waals surface area contributed by atoms with Gasteiger partial charge in [0.2, 0.25) is 0 Å². The van der Waals surface area contributed by atoms with Crippen molar-refractivity contribution in [3.8, 4) is 5.75 Å². The minimum absolute atomic E-state index is 0.206. The van der Waals surface area contributed by atoms with Crippen LogP contribution in [0.4, 0.5) is 0 Å². The quantitative estimate of drug-likeness (QED) is 0.357. The monoisotopic (exact) mass is 393 g/mol. The number of nitrogens with zero attached hydrogens (tertiary/aromatic N) is 3. The molecule has 0 spiro atoms. The summed E-state index contributed by atoms with van der Waals surface area (Å²) in [5.74, 6) is 2.51. The molecule has 0 aliphatic heterocycles. The molecular weight excluding hydrogens is 366 g/mol. The number of thioether (sulfide) groups is 1. The maximum Gasteiger partial charge on any atom is 0.191 e. The highest BCUT2D eigenvalue weighted by Crippen LogP contribution is 2.27. The first kappa shape index (κ1) is 20.2. The van der Waals surface area contributed by atoms with Crippen LogP contribution in [-0.4, -0.2) is 14.8 Å². The van der Waals surface area contributed by atoms with Gasteiger partial charge in [0.05, 0.1) is 0 Å². The molecule has 0 fully saturated rings. The first-order chi connectivity index (χ1) is 13.5. The average molecular weight is 394 g/mol. The van der Waals surface area contributed by atoms with E-state index in [2.05, 4.69) is 78.5 Å². The first-order valence-corrected chi connectivity index (χ1v) is 10.4. The molecular formula is C23H27N3OS. The molecule has 5 heteroatoms. The molecule has 3 rings (SSSR count). The fourth-order valence-corrected chi connectivity index (χ4v) is 3.90. The molecule has 2 aromatic carbocycles. The zero-order chi connectivity index (χ0) is 20.1. The van der Waals surface area contributed by atoms with Crippen LogP contribution in [0.25, 0.3) is 0 Å². The van der Waals surface area contributed by atoms with Crippen LogP contribution in [0.2, 0.25) is 0 Å². The summed E-state index contributed by atoms with van der Waals surface area (Å²) in [5.41, 5.74) is 5.01. The Bertz CT molecular complexity index is 964. The standard InChI is InChI=1S/C23H27N3OS/c1-6-12-26-22(19(5)27-21-11-10-17(3)18(4)14-21)24-25-23(26)28-15-20-9-7-8-16(2)13-20/h6-11,13-14,19H,1,12,15H2,2-5H3. The zero-order valence-electron chi connectivity index (χ0n) is 17.0. The van der Waals surface area contributed by atoms with E-state index in [1.807, 2.05) is 19.1 Å². The second kappa shape index (κ2) is 9.11. The summed E-state index contributed by atoms with van der Waals surface area (Å²) in [6, 6.07) is 14.7. The van der Waals surface area contributed by atoms with Crippen LogP contribution in [0.1, 0.15) is 41.1 Å². The summed E-state index contributed by atoms with van der Waals surface area (Å²) >= 11 is 1.68. The summed E-state index contributed by atoms with van der Waals surface area (Å²) in [6.45, 7) is 12.8. The number of ether oxygens (including phenoxy) is 1. The Morgan fingerprint density at radius 3 is 2.64 bits per heavy atom. The highest BCUT2D eigenvalue weighted by molar-refractivity contribution is 7.98. The molecule has 1 heterocycles. The van der Waals surface area contributed by atoms with E-state index < -0.39 is 0 Å². The molecule has 3 aromatic rings. The molecule has 1 aromatic heterocycles. The van der Waals surface area contributed by atoms with Gasteiger partial charge in [0, 0.05) is 12.3 Å². The van der Waals surface area contributed by atoms with Crippen molar-refractivity contribution in [1.29, 1.82) is 0 Å². The van der Waals surface area contributed by atoms with Crippen molar-refractivity contribution in [3.63, 3.8) is 0 Å². The van der Waals surface area contributed by atoms with Crippen LogP contribution in [0.5, 0.6) is 5.75 Å². The lowest BCUT2D eigenvalue weighted by molar-refractivity contribution is 0.210. The van der Waals surface area contributed by atoms with Crippen molar-refractivity contribution < 1.29 is 4.74 Å². The molecule has 0 radical (unpaired) electrons. The van der Waals surface area contributed by atoms with Gasteiger partial charge in [-0.2, -0.15) is 0 Å². The fraction of sp³-hybridized carbons (Fsp3) is 0.304. The number of hydrogen-bond donors (Lipinski definition) is 0. The van der Waals surface area contributed by atoms with Crippen LogP contribution in [0.3, 0.4) is 0 Å². The van der Waals surface area contributed by atoms with Crippen molar-refractivity contribution in [2.75, 3.05) is 0 Å². The van der Waals surface area contributed by atoms with Crippen LogP contribution in [0.15, 0.2) is 60.3 Å². The van der Waals surface area contributed by atoms with E-state index in [9.17, 15) is 0 Å². The van der Waals surface area contributed by atoms with Gasteiger partial charge in [-0.3, -0.25) is 4.57 Å². The highest BCUT2D eigenvalue weighted by atomic mass is 32.2. The predicted octanol–water partition coefficient (Wildman–Crippen LogP) is 5.82. The highest BCUT2D eigenvalue weighted by Gasteiger charge is 2.19. The van der Waals surface area contributed by atoms with Crippen molar-refractivity contribution in [1.82, 2.24) is 14.8 Å². The average Bonchev–Trinajstić information content (AvgIpc) is 3.06. The third-order valence-electron chi connectivity index (χ3n) is 4.66. The Labute approximate surface area is 171 Å². The van der Waals surface area contributed by atoms with Gasteiger partial charge in [0.25, 0.3) is 0 Å². The number of benzene rings is 2. The normalized spacial score (nSPS) is 12.0. The number of aromatic nitrogens is 3. The molecule has 1 atom stereocenters. The van der Waals surface area contributed by atoms with Crippen molar-refractivity contribution in [2.45, 2.75) is 51.3 Å². The maximum absolute atomic E-state index is 6.15. The van der Waals surface area contributed by atoms with Gasteiger partial charge in [0.15, 0.2) is 17.1 Å². The Balaban J connectivity index is 1.77. The largest absolute Gasteiger partial charge is 0.483 e. The Hall–Kier alpha value is -2.53. The van der Waals surface area contributed by atoms with Gasteiger partial charge in [-0.15, -0.1) is 16.8 Å². The molecule has 0 saturated carbocycles. The smallest absolute Gasteiger partial charge is 0.191 e. The Morgan fingerprint density at radius 1 is 1.11 bits per heavy atom. The van der Waals surface area contributed by atoms with E-state index in [0.717, 1.165) is 22.5 Å². The summed E-state index contributed by atoms with van der Waals surface area (Å²) < 4.78 is 8.23.